The van der Waals surface area contributed by atoms with Crippen molar-refractivity contribution in [2.75, 3.05) is 13.2 Å². The van der Waals surface area contributed by atoms with Gasteiger partial charge in [-0.2, -0.15) is 0 Å². The van der Waals surface area contributed by atoms with Crippen LogP contribution in [0.15, 0.2) is 0 Å². The summed E-state index contributed by atoms with van der Waals surface area (Å²) in [5.41, 5.74) is 5.93. The van der Waals surface area contributed by atoms with E-state index in [1.807, 2.05) is 6.92 Å². The molecular formula is C16H30N2O4. The molecule has 0 spiro atoms. The van der Waals surface area contributed by atoms with Crippen LogP contribution in [0.4, 0.5) is 0 Å². The van der Waals surface area contributed by atoms with Crippen molar-refractivity contribution in [1.29, 1.82) is 0 Å². The Hall–Kier alpha value is -1.14. The van der Waals surface area contributed by atoms with E-state index in [2.05, 4.69) is 5.32 Å². The molecule has 1 fully saturated rings. The van der Waals surface area contributed by atoms with E-state index in [1.165, 1.54) is 19.3 Å². The van der Waals surface area contributed by atoms with Crippen LogP contribution in [0.1, 0.15) is 58.3 Å². The molecule has 0 heterocycles. The Labute approximate surface area is 132 Å². The van der Waals surface area contributed by atoms with Gasteiger partial charge in [0.15, 0.2) is 0 Å². The summed E-state index contributed by atoms with van der Waals surface area (Å²) in [4.78, 5) is 23.2. The molecule has 0 aromatic heterocycles. The van der Waals surface area contributed by atoms with E-state index < -0.39 is 24.0 Å². The molecule has 2 atom stereocenters. The third-order valence-electron chi connectivity index (χ3n) is 4.17. The van der Waals surface area contributed by atoms with Gasteiger partial charge in [0.05, 0.1) is 6.61 Å². The number of hydrogen-bond acceptors (Lipinski definition) is 5. The first-order valence-corrected chi connectivity index (χ1v) is 8.41. The zero-order valence-electron chi connectivity index (χ0n) is 13.6. The number of aliphatic hydroxyl groups excluding tert-OH is 1. The second kappa shape index (κ2) is 10.6. The van der Waals surface area contributed by atoms with Crippen molar-refractivity contribution in [3.8, 4) is 0 Å². The number of esters is 1. The monoisotopic (exact) mass is 314 g/mol. The van der Waals surface area contributed by atoms with Gasteiger partial charge in [0.25, 0.3) is 5.91 Å². The Morgan fingerprint density at radius 3 is 2.64 bits per heavy atom. The number of rotatable bonds is 9. The summed E-state index contributed by atoms with van der Waals surface area (Å²) in [5.74, 6) is -0.601. The predicted molar refractivity (Wildman–Crippen MR) is 84.1 cm³/mol. The summed E-state index contributed by atoms with van der Waals surface area (Å²) in [6.45, 7) is 2.13. The van der Waals surface area contributed by atoms with Crippen molar-refractivity contribution in [2.45, 2.75) is 70.4 Å². The van der Waals surface area contributed by atoms with E-state index in [-0.39, 0.29) is 6.54 Å². The molecular weight excluding hydrogens is 284 g/mol. The number of unbranched alkanes of at least 4 members (excludes halogenated alkanes) is 1. The lowest BCUT2D eigenvalue weighted by Crippen LogP contribution is -2.48. The van der Waals surface area contributed by atoms with Crippen LogP contribution in [0.2, 0.25) is 0 Å². The highest BCUT2D eigenvalue weighted by Crippen LogP contribution is 2.27. The van der Waals surface area contributed by atoms with Crippen LogP contribution in [0.25, 0.3) is 0 Å². The van der Waals surface area contributed by atoms with E-state index >= 15 is 0 Å². The molecule has 22 heavy (non-hydrogen) atoms. The molecule has 6 heteroatoms. The van der Waals surface area contributed by atoms with Crippen LogP contribution >= 0.6 is 0 Å². The highest BCUT2D eigenvalue weighted by Gasteiger charge is 2.26. The topological polar surface area (TPSA) is 102 Å². The lowest BCUT2D eigenvalue weighted by Gasteiger charge is -2.26. The number of nitrogens with one attached hydrogen (secondary N) is 1. The number of carbonyl (C=O) groups excluding carboxylic acids is 2. The third-order valence-corrected chi connectivity index (χ3v) is 4.17. The predicted octanol–water partition coefficient (Wildman–Crippen LogP) is 1.10. The molecule has 6 nitrogen and oxygen atoms in total. The minimum Gasteiger partial charge on any atom is -0.464 e. The molecule has 0 aliphatic heterocycles. The summed E-state index contributed by atoms with van der Waals surface area (Å²) >= 11 is 0. The minimum atomic E-state index is -1.27. The molecule has 0 aromatic rings. The van der Waals surface area contributed by atoms with Gasteiger partial charge in [0.1, 0.15) is 12.6 Å². The van der Waals surface area contributed by atoms with Crippen LogP contribution in [-0.2, 0) is 14.3 Å². The zero-order valence-corrected chi connectivity index (χ0v) is 13.6. The second-order valence-electron chi connectivity index (χ2n) is 6.14. The molecule has 1 aliphatic carbocycles. The lowest BCUT2D eigenvalue weighted by atomic mass is 9.84. The number of nitrogens with two attached hydrogens (primary N) is 1. The van der Waals surface area contributed by atoms with Crippen molar-refractivity contribution in [3.63, 3.8) is 0 Å². The van der Waals surface area contributed by atoms with Gasteiger partial charge < -0.3 is 20.9 Å². The standard InChI is InChI=1S/C16H30N2O4/c1-2-3-9-22-14(19)11-18-16(21)15(20)13(17)10-12-7-5-4-6-8-12/h12-13,15,20H,2-11,17H2,1H3,(H,18,21)/t13-,15?/m1/s1. The normalized spacial score (nSPS) is 18.5. The summed E-state index contributed by atoms with van der Waals surface area (Å²) in [5, 5.41) is 12.3. The molecule has 0 saturated heterocycles. The Bertz CT molecular complexity index is 343. The maximum absolute atomic E-state index is 11.8. The molecule has 0 bridgehead atoms. The first-order chi connectivity index (χ1) is 10.5. The first kappa shape index (κ1) is 18.9. The lowest BCUT2D eigenvalue weighted by molar-refractivity contribution is -0.145. The SMILES string of the molecule is CCCCOC(=O)CNC(=O)C(O)[C@H](N)CC1CCCCC1. The van der Waals surface area contributed by atoms with Crippen LogP contribution in [0, 0.1) is 5.92 Å². The number of hydrogen-bond donors (Lipinski definition) is 3. The fourth-order valence-electron chi connectivity index (χ4n) is 2.78. The van der Waals surface area contributed by atoms with Crippen LogP contribution in [0.3, 0.4) is 0 Å². The maximum atomic E-state index is 11.8. The van der Waals surface area contributed by atoms with Gasteiger partial charge >= 0.3 is 5.97 Å². The Morgan fingerprint density at radius 2 is 2.00 bits per heavy atom. The highest BCUT2D eigenvalue weighted by atomic mass is 16.5. The zero-order chi connectivity index (χ0) is 16.4. The molecule has 1 saturated carbocycles. The number of carbonyl (C=O) groups is 2. The van der Waals surface area contributed by atoms with Gasteiger partial charge in [-0.25, -0.2) is 0 Å². The summed E-state index contributed by atoms with van der Waals surface area (Å²) < 4.78 is 4.93. The number of ether oxygens (including phenoxy) is 1. The third kappa shape index (κ3) is 7.22. The van der Waals surface area contributed by atoms with Gasteiger partial charge in [0.2, 0.25) is 0 Å². The van der Waals surface area contributed by atoms with Crippen molar-refractivity contribution in [2.24, 2.45) is 11.7 Å². The van der Waals surface area contributed by atoms with E-state index in [4.69, 9.17) is 10.5 Å². The van der Waals surface area contributed by atoms with Gasteiger partial charge in [-0.15, -0.1) is 0 Å². The summed E-state index contributed by atoms with van der Waals surface area (Å²) in [6, 6.07) is -0.584. The van der Waals surface area contributed by atoms with Crippen molar-refractivity contribution in [1.82, 2.24) is 5.32 Å². The minimum absolute atomic E-state index is 0.226. The van der Waals surface area contributed by atoms with E-state index in [0.29, 0.717) is 18.9 Å². The van der Waals surface area contributed by atoms with Crippen molar-refractivity contribution in [3.05, 3.63) is 0 Å². The fraction of sp³-hybridized carbons (Fsp3) is 0.875. The quantitative estimate of drug-likeness (QED) is 0.437. The smallest absolute Gasteiger partial charge is 0.325 e. The Kier molecular flexibility index (Phi) is 9.08. The number of aliphatic hydroxyl groups is 1. The first-order valence-electron chi connectivity index (χ1n) is 8.41. The Morgan fingerprint density at radius 1 is 1.32 bits per heavy atom. The molecule has 4 N–H and O–H groups in total. The van der Waals surface area contributed by atoms with Crippen LogP contribution in [-0.4, -0.2) is 42.3 Å². The fourth-order valence-corrected chi connectivity index (χ4v) is 2.78. The van der Waals surface area contributed by atoms with E-state index in [9.17, 15) is 14.7 Å². The maximum Gasteiger partial charge on any atom is 0.325 e. The average molecular weight is 314 g/mol. The molecule has 1 aliphatic rings. The summed E-state index contributed by atoms with van der Waals surface area (Å²) in [7, 11) is 0. The van der Waals surface area contributed by atoms with Crippen LogP contribution in [0.5, 0.6) is 0 Å². The van der Waals surface area contributed by atoms with Crippen molar-refractivity contribution >= 4 is 11.9 Å². The second-order valence-corrected chi connectivity index (χ2v) is 6.14. The Balaban J connectivity index is 2.23. The largest absolute Gasteiger partial charge is 0.464 e. The molecule has 128 valence electrons. The molecule has 0 aromatic carbocycles. The highest BCUT2D eigenvalue weighted by molar-refractivity contribution is 5.85. The van der Waals surface area contributed by atoms with Crippen LogP contribution < -0.4 is 11.1 Å². The molecule has 1 unspecified atom stereocenters. The number of amides is 1. The summed E-state index contributed by atoms with van der Waals surface area (Å²) in [6.07, 6.45) is 7.00. The van der Waals surface area contributed by atoms with E-state index in [0.717, 1.165) is 25.7 Å². The van der Waals surface area contributed by atoms with E-state index in [1.54, 1.807) is 0 Å². The van der Waals surface area contributed by atoms with Crippen molar-refractivity contribution < 1.29 is 19.4 Å². The molecule has 1 amide bonds. The van der Waals surface area contributed by atoms with Gasteiger partial charge in [-0.3, -0.25) is 9.59 Å². The average Bonchev–Trinajstić information content (AvgIpc) is 2.53. The van der Waals surface area contributed by atoms with Gasteiger partial charge in [-0.05, 0) is 18.8 Å². The molecule has 1 rings (SSSR count). The van der Waals surface area contributed by atoms with Gasteiger partial charge in [0, 0.05) is 6.04 Å². The van der Waals surface area contributed by atoms with Gasteiger partial charge in [-0.1, -0.05) is 45.4 Å². The molecule has 0 radical (unpaired) electrons.